The SMILES string of the molecule is Cc1nn(Cc2ccccc2Cl)c(C)c1NC(=O)c1cnn(C(C)C(=O)O)c1. The number of halogens is 1. The molecule has 1 amide bonds. The minimum atomic E-state index is -1.03. The van der Waals surface area contributed by atoms with Gasteiger partial charge in [-0.2, -0.15) is 10.2 Å². The van der Waals surface area contributed by atoms with E-state index in [-0.39, 0.29) is 11.5 Å². The second-order valence-corrected chi connectivity index (χ2v) is 6.88. The highest BCUT2D eigenvalue weighted by molar-refractivity contribution is 6.31. The van der Waals surface area contributed by atoms with E-state index in [2.05, 4.69) is 15.5 Å². The second-order valence-electron chi connectivity index (χ2n) is 6.47. The third-order valence-electron chi connectivity index (χ3n) is 4.52. The van der Waals surface area contributed by atoms with Gasteiger partial charge < -0.3 is 10.4 Å². The first-order valence-electron chi connectivity index (χ1n) is 8.63. The van der Waals surface area contributed by atoms with Crippen LogP contribution in [-0.4, -0.2) is 36.5 Å². The molecule has 1 unspecified atom stereocenters. The molecule has 2 heterocycles. The normalized spacial score (nSPS) is 12.0. The molecule has 0 spiro atoms. The van der Waals surface area contributed by atoms with Gasteiger partial charge in [-0.3, -0.25) is 14.2 Å². The molecule has 0 aliphatic heterocycles. The van der Waals surface area contributed by atoms with E-state index < -0.39 is 12.0 Å². The molecule has 8 nitrogen and oxygen atoms in total. The van der Waals surface area contributed by atoms with Crippen LogP contribution in [-0.2, 0) is 11.3 Å². The summed E-state index contributed by atoms with van der Waals surface area (Å²) in [5.41, 5.74) is 3.26. The van der Waals surface area contributed by atoms with Crippen LogP contribution in [0.2, 0.25) is 5.02 Å². The fraction of sp³-hybridized carbons (Fsp3) is 0.263. The Balaban J connectivity index is 1.79. The maximum Gasteiger partial charge on any atom is 0.328 e. The molecule has 1 aromatic carbocycles. The lowest BCUT2D eigenvalue weighted by Crippen LogP contribution is -2.16. The summed E-state index contributed by atoms with van der Waals surface area (Å²) in [5.74, 6) is -1.41. The summed E-state index contributed by atoms with van der Waals surface area (Å²) in [6, 6.07) is 6.66. The molecule has 2 N–H and O–H groups in total. The Labute approximate surface area is 166 Å². The van der Waals surface area contributed by atoms with E-state index >= 15 is 0 Å². The second kappa shape index (κ2) is 7.85. The Bertz CT molecular complexity index is 1040. The topological polar surface area (TPSA) is 102 Å². The van der Waals surface area contributed by atoms with Gasteiger partial charge in [0, 0.05) is 11.2 Å². The van der Waals surface area contributed by atoms with E-state index in [0.29, 0.717) is 22.9 Å². The molecule has 0 fully saturated rings. The lowest BCUT2D eigenvalue weighted by atomic mass is 10.2. The monoisotopic (exact) mass is 401 g/mol. The van der Waals surface area contributed by atoms with Crippen molar-refractivity contribution in [2.45, 2.75) is 33.4 Å². The summed E-state index contributed by atoms with van der Waals surface area (Å²) in [6.07, 6.45) is 2.75. The van der Waals surface area contributed by atoms with Gasteiger partial charge in [0.15, 0.2) is 0 Å². The standard InChI is InChI=1S/C19H20ClN5O3/c1-11-17(12(2)25(23-11)9-14-6-4-5-7-16(14)20)22-18(26)15-8-21-24(10-15)13(3)19(27)28/h4-8,10,13H,9H2,1-3H3,(H,22,26)(H,27,28). The summed E-state index contributed by atoms with van der Waals surface area (Å²) in [4.78, 5) is 23.6. The summed E-state index contributed by atoms with van der Waals surface area (Å²) < 4.78 is 3.01. The average Bonchev–Trinajstić information content (AvgIpc) is 3.24. The largest absolute Gasteiger partial charge is 0.480 e. The summed E-state index contributed by atoms with van der Waals surface area (Å²) in [5, 5.41) is 21.0. The number of hydrogen-bond acceptors (Lipinski definition) is 4. The number of aliphatic carboxylic acids is 1. The molecule has 0 aliphatic rings. The maximum absolute atomic E-state index is 12.6. The Morgan fingerprint density at radius 2 is 2.00 bits per heavy atom. The number of aryl methyl sites for hydroxylation is 1. The zero-order valence-corrected chi connectivity index (χ0v) is 16.4. The first-order valence-corrected chi connectivity index (χ1v) is 9.01. The number of benzene rings is 1. The molecule has 0 radical (unpaired) electrons. The number of aromatic nitrogens is 4. The van der Waals surface area contributed by atoms with Crippen molar-refractivity contribution in [1.29, 1.82) is 0 Å². The summed E-state index contributed by atoms with van der Waals surface area (Å²) >= 11 is 6.23. The summed E-state index contributed by atoms with van der Waals surface area (Å²) in [7, 11) is 0. The van der Waals surface area contributed by atoms with Crippen molar-refractivity contribution in [3.63, 3.8) is 0 Å². The maximum atomic E-state index is 12.6. The lowest BCUT2D eigenvalue weighted by Gasteiger charge is -2.08. The fourth-order valence-electron chi connectivity index (χ4n) is 2.79. The fourth-order valence-corrected chi connectivity index (χ4v) is 2.98. The molecule has 0 saturated carbocycles. The predicted molar refractivity (Wildman–Crippen MR) is 105 cm³/mol. The van der Waals surface area contributed by atoms with Crippen LogP contribution in [0, 0.1) is 13.8 Å². The molecule has 0 bridgehead atoms. The van der Waals surface area contributed by atoms with E-state index in [0.717, 1.165) is 11.3 Å². The van der Waals surface area contributed by atoms with Gasteiger partial charge in [-0.1, -0.05) is 29.8 Å². The molecule has 2 aromatic heterocycles. The summed E-state index contributed by atoms with van der Waals surface area (Å²) in [6.45, 7) is 5.64. The van der Waals surface area contributed by atoms with Crippen LogP contribution in [0.5, 0.6) is 0 Å². The zero-order chi connectivity index (χ0) is 20.4. The number of amides is 1. The molecule has 3 rings (SSSR count). The predicted octanol–water partition coefficient (Wildman–Crippen LogP) is 3.30. The molecule has 9 heteroatoms. The molecule has 3 aromatic rings. The molecular weight excluding hydrogens is 382 g/mol. The van der Waals surface area contributed by atoms with E-state index in [1.54, 1.807) is 4.68 Å². The highest BCUT2D eigenvalue weighted by Gasteiger charge is 2.19. The van der Waals surface area contributed by atoms with Gasteiger partial charge in [-0.05, 0) is 32.4 Å². The van der Waals surface area contributed by atoms with E-state index in [9.17, 15) is 9.59 Å². The van der Waals surface area contributed by atoms with E-state index in [1.165, 1.54) is 24.0 Å². The lowest BCUT2D eigenvalue weighted by molar-refractivity contribution is -0.140. The number of carboxylic acids is 1. The van der Waals surface area contributed by atoms with Crippen molar-refractivity contribution in [1.82, 2.24) is 19.6 Å². The Kier molecular flexibility index (Phi) is 5.51. The Morgan fingerprint density at radius 1 is 1.29 bits per heavy atom. The van der Waals surface area contributed by atoms with Crippen LogP contribution in [0.25, 0.3) is 0 Å². The highest BCUT2D eigenvalue weighted by atomic mass is 35.5. The van der Waals surface area contributed by atoms with Gasteiger partial charge in [-0.15, -0.1) is 0 Å². The third-order valence-corrected chi connectivity index (χ3v) is 4.88. The van der Waals surface area contributed by atoms with Crippen molar-refractivity contribution in [3.8, 4) is 0 Å². The van der Waals surface area contributed by atoms with Crippen LogP contribution in [0.1, 0.15) is 40.3 Å². The van der Waals surface area contributed by atoms with Crippen LogP contribution >= 0.6 is 11.6 Å². The minimum Gasteiger partial charge on any atom is -0.480 e. The number of nitrogens with zero attached hydrogens (tertiary/aromatic N) is 4. The van der Waals surface area contributed by atoms with Gasteiger partial charge in [0.1, 0.15) is 6.04 Å². The van der Waals surface area contributed by atoms with Crippen LogP contribution < -0.4 is 5.32 Å². The number of hydrogen-bond donors (Lipinski definition) is 2. The van der Waals surface area contributed by atoms with Crippen molar-refractivity contribution >= 4 is 29.2 Å². The van der Waals surface area contributed by atoms with Crippen LogP contribution in [0.15, 0.2) is 36.7 Å². The number of carboxylic acid groups (broad SMARTS) is 1. The quantitative estimate of drug-likeness (QED) is 0.659. The molecule has 28 heavy (non-hydrogen) atoms. The van der Waals surface area contributed by atoms with E-state index in [1.807, 2.05) is 38.1 Å². The first-order chi connectivity index (χ1) is 13.3. The van der Waals surface area contributed by atoms with Crippen molar-refractivity contribution < 1.29 is 14.7 Å². The molecule has 146 valence electrons. The average molecular weight is 402 g/mol. The Morgan fingerprint density at radius 3 is 2.68 bits per heavy atom. The van der Waals surface area contributed by atoms with Crippen molar-refractivity contribution in [3.05, 3.63) is 64.2 Å². The van der Waals surface area contributed by atoms with Crippen LogP contribution in [0.3, 0.4) is 0 Å². The number of anilines is 1. The number of carbonyl (C=O) groups excluding carboxylic acids is 1. The van der Waals surface area contributed by atoms with Gasteiger partial charge in [0.05, 0.1) is 35.4 Å². The minimum absolute atomic E-state index is 0.269. The van der Waals surface area contributed by atoms with Gasteiger partial charge >= 0.3 is 5.97 Å². The molecule has 1 atom stereocenters. The van der Waals surface area contributed by atoms with Crippen molar-refractivity contribution in [2.24, 2.45) is 0 Å². The zero-order valence-electron chi connectivity index (χ0n) is 15.7. The number of carbonyl (C=O) groups is 2. The van der Waals surface area contributed by atoms with Gasteiger partial charge in [0.25, 0.3) is 5.91 Å². The Hall–Kier alpha value is -3.13. The molecule has 0 saturated heterocycles. The highest BCUT2D eigenvalue weighted by Crippen LogP contribution is 2.23. The van der Waals surface area contributed by atoms with Gasteiger partial charge in [0.2, 0.25) is 0 Å². The van der Waals surface area contributed by atoms with Crippen LogP contribution in [0.4, 0.5) is 5.69 Å². The van der Waals surface area contributed by atoms with Gasteiger partial charge in [-0.25, -0.2) is 4.79 Å². The molecule has 0 aliphatic carbocycles. The van der Waals surface area contributed by atoms with Crippen molar-refractivity contribution in [2.75, 3.05) is 5.32 Å². The number of rotatable bonds is 6. The smallest absolute Gasteiger partial charge is 0.328 e. The molecular formula is C19H20ClN5O3. The first kappa shape index (κ1) is 19.6. The third kappa shape index (κ3) is 3.91. The van der Waals surface area contributed by atoms with E-state index in [4.69, 9.17) is 16.7 Å². The number of nitrogens with one attached hydrogen (secondary N) is 1.